The monoisotopic (exact) mass is 385 g/mol. The van der Waals surface area contributed by atoms with E-state index in [1.54, 1.807) is 4.52 Å². The molecule has 142 valence electrons. The van der Waals surface area contributed by atoms with Crippen molar-refractivity contribution in [3.63, 3.8) is 0 Å². The number of hydrogen-bond acceptors (Lipinski definition) is 8. The predicted molar refractivity (Wildman–Crippen MR) is 108 cm³/mol. The van der Waals surface area contributed by atoms with Gasteiger partial charge in [0.2, 0.25) is 17.1 Å². The molecule has 27 heavy (non-hydrogen) atoms. The van der Waals surface area contributed by atoms with Crippen LogP contribution in [-0.2, 0) is 0 Å². The van der Waals surface area contributed by atoms with Gasteiger partial charge in [0, 0.05) is 18.7 Å². The normalized spacial score (nSPS) is 11.0. The highest BCUT2D eigenvalue weighted by Gasteiger charge is 2.15. The molecule has 0 aliphatic carbocycles. The van der Waals surface area contributed by atoms with E-state index in [0.29, 0.717) is 35.9 Å². The van der Waals surface area contributed by atoms with Crippen molar-refractivity contribution < 1.29 is 4.79 Å². The van der Waals surface area contributed by atoms with Crippen molar-refractivity contribution in [1.82, 2.24) is 24.6 Å². The molecule has 0 saturated heterocycles. The molecule has 9 heteroatoms. The summed E-state index contributed by atoms with van der Waals surface area (Å²) in [5, 5.41) is 11.2. The largest absolute Gasteiger partial charge is 0.354 e. The second-order valence-electron chi connectivity index (χ2n) is 6.07. The molecule has 0 atom stereocenters. The second-order valence-corrected chi connectivity index (χ2v) is 7.01. The van der Waals surface area contributed by atoms with Crippen LogP contribution in [0.5, 0.6) is 0 Å². The van der Waals surface area contributed by atoms with Gasteiger partial charge >= 0.3 is 0 Å². The average Bonchev–Trinajstić information content (AvgIpc) is 3.03. The van der Waals surface area contributed by atoms with Gasteiger partial charge in [-0.25, -0.2) is 0 Å². The molecule has 1 aromatic carbocycles. The van der Waals surface area contributed by atoms with E-state index in [4.69, 9.17) is 0 Å². The third-order valence-corrected chi connectivity index (χ3v) is 4.71. The zero-order valence-electron chi connectivity index (χ0n) is 15.9. The van der Waals surface area contributed by atoms with Crippen molar-refractivity contribution in [1.29, 1.82) is 0 Å². The van der Waals surface area contributed by atoms with Gasteiger partial charge in [0.05, 0.1) is 5.75 Å². The van der Waals surface area contributed by atoms with Crippen molar-refractivity contribution in [3.05, 3.63) is 34.9 Å². The number of rotatable bonds is 8. The third kappa shape index (κ3) is 4.36. The standard InChI is InChI=1S/C18H23N7OS/c1-5-19-15-21-16(20-6-2)25-17(22-15)23-18(24-25)27-10-14(26)13-8-7-11(3)9-12(13)4/h7-9H,5-6,10H2,1-4H3,(H2,19,20,21,22,23,24). The number of nitrogens with one attached hydrogen (secondary N) is 2. The van der Waals surface area contributed by atoms with Gasteiger partial charge in [0.15, 0.2) is 5.78 Å². The Morgan fingerprint density at radius 2 is 1.89 bits per heavy atom. The number of aromatic nitrogens is 5. The van der Waals surface area contributed by atoms with Crippen LogP contribution in [0, 0.1) is 13.8 Å². The van der Waals surface area contributed by atoms with Crippen molar-refractivity contribution in [2.75, 3.05) is 29.5 Å². The summed E-state index contributed by atoms with van der Waals surface area (Å²) in [6.07, 6.45) is 0. The summed E-state index contributed by atoms with van der Waals surface area (Å²) < 4.78 is 1.56. The van der Waals surface area contributed by atoms with Gasteiger partial charge in [-0.3, -0.25) is 4.79 Å². The van der Waals surface area contributed by atoms with Gasteiger partial charge in [-0.05, 0) is 33.3 Å². The minimum absolute atomic E-state index is 0.0580. The van der Waals surface area contributed by atoms with Gasteiger partial charge in [-0.2, -0.15) is 19.5 Å². The number of carbonyl (C=O) groups is 1. The summed E-state index contributed by atoms with van der Waals surface area (Å²) >= 11 is 1.30. The highest BCUT2D eigenvalue weighted by atomic mass is 32.2. The second kappa shape index (κ2) is 8.34. The number of hydrogen-bond donors (Lipinski definition) is 2. The summed E-state index contributed by atoms with van der Waals surface area (Å²) in [4.78, 5) is 25.7. The summed E-state index contributed by atoms with van der Waals surface area (Å²) in [6, 6.07) is 5.85. The molecule has 0 radical (unpaired) electrons. The first-order valence-corrected chi connectivity index (χ1v) is 9.86. The Kier molecular flexibility index (Phi) is 5.90. The summed E-state index contributed by atoms with van der Waals surface area (Å²) in [5.41, 5.74) is 2.86. The number of thioether (sulfide) groups is 1. The maximum Gasteiger partial charge on any atom is 0.259 e. The third-order valence-electron chi connectivity index (χ3n) is 3.87. The minimum Gasteiger partial charge on any atom is -0.354 e. The number of benzene rings is 1. The van der Waals surface area contributed by atoms with Crippen LogP contribution in [0.3, 0.4) is 0 Å². The topological polar surface area (TPSA) is 97.1 Å². The molecule has 0 aliphatic rings. The Labute approximate surface area is 162 Å². The molecular formula is C18H23N7OS. The molecule has 0 fully saturated rings. The zero-order chi connectivity index (χ0) is 19.4. The molecular weight excluding hydrogens is 362 g/mol. The van der Waals surface area contributed by atoms with E-state index in [1.165, 1.54) is 11.8 Å². The van der Waals surface area contributed by atoms with Crippen molar-refractivity contribution >= 4 is 35.2 Å². The molecule has 8 nitrogen and oxygen atoms in total. The Morgan fingerprint density at radius 3 is 2.59 bits per heavy atom. The summed E-state index contributed by atoms with van der Waals surface area (Å²) in [6.45, 7) is 9.34. The number of nitrogens with zero attached hydrogens (tertiary/aromatic N) is 5. The lowest BCUT2D eigenvalue weighted by atomic mass is 10.0. The molecule has 0 bridgehead atoms. The maximum absolute atomic E-state index is 12.5. The van der Waals surface area contributed by atoms with E-state index in [-0.39, 0.29) is 11.5 Å². The Hall–Kier alpha value is -2.68. The zero-order valence-corrected chi connectivity index (χ0v) is 16.7. The Balaban J connectivity index is 1.80. The smallest absolute Gasteiger partial charge is 0.259 e. The number of Topliss-reactive ketones (excluding diaryl/α,β-unsaturated/α-hetero) is 1. The number of ketones is 1. The first-order chi connectivity index (χ1) is 13.0. The predicted octanol–water partition coefficient (Wildman–Crippen LogP) is 2.97. The van der Waals surface area contributed by atoms with Gasteiger partial charge in [0.25, 0.3) is 5.78 Å². The number of anilines is 2. The molecule has 0 unspecified atom stereocenters. The van der Waals surface area contributed by atoms with Crippen LogP contribution in [0.25, 0.3) is 5.78 Å². The van der Waals surface area contributed by atoms with Gasteiger partial charge in [-0.15, -0.1) is 5.10 Å². The SMILES string of the molecule is CCNc1nc(NCC)n2nc(SCC(=O)c3ccc(C)cc3C)nc2n1. The molecule has 3 aromatic rings. The van der Waals surface area contributed by atoms with E-state index in [0.717, 1.165) is 16.7 Å². The van der Waals surface area contributed by atoms with Gasteiger partial charge in [-0.1, -0.05) is 35.5 Å². The van der Waals surface area contributed by atoms with Crippen LogP contribution >= 0.6 is 11.8 Å². The Bertz CT molecular complexity index is 970. The van der Waals surface area contributed by atoms with Crippen molar-refractivity contribution in [2.24, 2.45) is 0 Å². The minimum atomic E-state index is 0.0580. The van der Waals surface area contributed by atoms with Crippen LogP contribution in [0.1, 0.15) is 35.3 Å². The quantitative estimate of drug-likeness (QED) is 0.451. The van der Waals surface area contributed by atoms with Crippen molar-refractivity contribution in [3.8, 4) is 0 Å². The average molecular weight is 385 g/mol. The highest BCUT2D eigenvalue weighted by Crippen LogP contribution is 2.20. The first kappa shape index (κ1) is 19.1. The summed E-state index contributed by atoms with van der Waals surface area (Å²) in [5.74, 6) is 1.83. The molecule has 0 saturated carbocycles. The fourth-order valence-electron chi connectivity index (χ4n) is 2.67. The van der Waals surface area contributed by atoms with Crippen LogP contribution in [-0.4, -0.2) is 49.2 Å². The molecule has 0 amide bonds. The van der Waals surface area contributed by atoms with E-state index in [9.17, 15) is 4.79 Å². The lowest BCUT2D eigenvalue weighted by Gasteiger charge is -2.06. The van der Waals surface area contributed by atoms with Gasteiger partial charge < -0.3 is 10.6 Å². The van der Waals surface area contributed by atoms with E-state index >= 15 is 0 Å². The molecule has 2 N–H and O–H groups in total. The van der Waals surface area contributed by atoms with E-state index in [1.807, 2.05) is 45.9 Å². The van der Waals surface area contributed by atoms with Crippen LogP contribution < -0.4 is 10.6 Å². The fourth-order valence-corrected chi connectivity index (χ4v) is 3.37. The lowest BCUT2D eigenvalue weighted by Crippen LogP contribution is -2.11. The number of aryl methyl sites for hydroxylation is 2. The van der Waals surface area contributed by atoms with E-state index in [2.05, 4.69) is 30.7 Å². The molecule has 2 heterocycles. The molecule has 0 spiro atoms. The van der Waals surface area contributed by atoms with Crippen LogP contribution in [0.15, 0.2) is 23.4 Å². The maximum atomic E-state index is 12.5. The first-order valence-electron chi connectivity index (χ1n) is 8.87. The number of fused-ring (bicyclic) bond motifs is 1. The molecule has 3 rings (SSSR count). The molecule has 0 aliphatic heterocycles. The highest BCUT2D eigenvalue weighted by molar-refractivity contribution is 7.99. The van der Waals surface area contributed by atoms with Gasteiger partial charge in [0.1, 0.15) is 0 Å². The van der Waals surface area contributed by atoms with Crippen LogP contribution in [0.2, 0.25) is 0 Å². The van der Waals surface area contributed by atoms with Crippen molar-refractivity contribution in [2.45, 2.75) is 32.9 Å². The Morgan fingerprint density at radius 1 is 1.11 bits per heavy atom. The number of carbonyl (C=O) groups excluding carboxylic acids is 1. The summed E-state index contributed by atoms with van der Waals surface area (Å²) in [7, 11) is 0. The molecule has 2 aromatic heterocycles. The van der Waals surface area contributed by atoms with E-state index < -0.39 is 0 Å². The van der Waals surface area contributed by atoms with Crippen LogP contribution in [0.4, 0.5) is 11.9 Å². The lowest BCUT2D eigenvalue weighted by molar-refractivity contribution is 0.102. The fraction of sp³-hybridized carbons (Fsp3) is 0.389.